The van der Waals surface area contributed by atoms with Gasteiger partial charge in [-0.3, -0.25) is 0 Å². The number of aryl methyl sites for hydroxylation is 1. The summed E-state index contributed by atoms with van der Waals surface area (Å²) >= 11 is 6.30. The Labute approximate surface area is 127 Å². The molecule has 1 unspecified atom stereocenters. The lowest BCUT2D eigenvalue weighted by molar-refractivity contribution is 0.572. The molecule has 0 saturated carbocycles. The third-order valence-electron chi connectivity index (χ3n) is 2.95. The van der Waals surface area contributed by atoms with Crippen LogP contribution in [0.4, 0.5) is 8.78 Å². The van der Waals surface area contributed by atoms with Crippen LogP contribution >= 0.6 is 31.9 Å². The van der Waals surface area contributed by atoms with E-state index in [4.69, 9.17) is 5.73 Å². The van der Waals surface area contributed by atoms with Gasteiger partial charge in [-0.05, 0) is 58.2 Å². The second-order valence-corrected chi connectivity index (χ2v) is 6.04. The molecule has 0 fully saturated rings. The average molecular weight is 391 g/mol. The summed E-state index contributed by atoms with van der Waals surface area (Å²) in [5.74, 6) is -1.06. The maximum atomic E-state index is 13.9. The van der Waals surface area contributed by atoms with Gasteiger partial charge in [0.15, 0.2) is 0 Å². The summed E-state index contributed by atoms with van der Waals surface area (Å²) in [7, 11) is 0. The molecular formula is C14H11Br2F2N. The van der Waals surface area contributed by atoms with Crippen LogP contribution < -0.4 is 5.73 Å². The first-order chi connectivity index (χ1) is 8.90. The van der Waals surface area contributed by atoms with Crippen molar-refractivity contribution in [2.45, 2.75) is 13.0 Å². The van der Waals surface area contributed by atoms with Crippen molar-refractivity contribution in [2.75, 3.05) is 0 Å². The molecule has 2 N–H and O–H groups in total. The molecule has 19 heavy (non-hydrogen) atoms. The summed E-state index contributed by atoms with van der Waals surface area (Å²) in [5, 5.41) is 0. The predicted molar refractivity (Wildman–Crippen MR) is 79.0 cm³/mol. The second kappa shape index (κ2) is 5.69. The van der Waals surface area contributed by atoms with Gasteiger partial charge in [0.25, 0.3) is 0 Å². The van der Waals surface area contributed by atoms with E-state index < -0.39 is 17.7 Å². The van der Waals surface area contributed by atoms with Gasteiger partial charge in [0.2, 0.25) is 0 Å². The molecule has 100 valence electrons. The van der Waals surface area contributed by atoms with Crippen molar-refractivity contribution in [1.29, 1.82) is 0 Å². The quantitative estimate of drug-likeness (QED) is 0.729. The molecule has 0 aliphatic rings. The Balaban J connectivity index is 2.52. The minimum absolute atomic E-state index is 0.0897. The lowest BCUT2D eigenvalue weighted by Crippen LogP contribution is -2.15. The van der Waals surface area contributed by atoms with E-state index in [9.17, 15) is 8.78 Å². The van der Waals surface area contributed by atoms with E-state index in [0.717, 1.165) is 27.7 Å². The van der Waals surface area contributed by atoms with Crippen LogP contribution in [0.1, 0.15) is 22.7 Å². The van der Waals surface area contributed by atoms with Crippen LogP contribution in [0.15, 0.2) is 39.3 Å². The van der Waals surface area contributed by atoms with Gasteiger partial charge >= 0.3 is 0 Å². The Hall–Kier alpha value is -0.780. The fourth-order valence-corrected chi connectivity index (χ4v) is 2.58. The number of benzene rings is 2. The highest BCUT2D eigenvalue weighted by atomic mass is 79.9. The summed E-state index contributed by atoms with van der Waals surface area (Å²) in [4.78, 5) is 0. The van der Waals surface area contributed by atoms with Crippen molar-refractivity contribution >= 4 is 31.9 Å². The van der Waals surface area contributed by atoms with E-state index >= 15 is 0 Å². The Morgan fingerprint density at radius 1 is 1.00 bits per heavy atom. The lowest BCUT2D eigenvalue weighted by atomic mass is 9.95. The van der Waals surface area contributed by atoms with Crippen LogP contribution in [-0.4, -0.2) is 0 Å². The summed E-state index contributed by atoms with van der Waals surface area (Å²) in [6.45, 7) is 1.88. The first-order valence-corrected chi connectivity index (χ1v) is 7.15. The van der Waals surface area contributed by atoms with Crippen molar-refractivity contribution in [3.63, 3.8) is 0 Å². The van der Waals surface area contributed by atoms with Gasteiger partial charge in [0.1, 0.15) is 11.6 Å². The third-order valence-corrected chi connectivity index (χ3v) is 4.05. The Morgan fingerprint density at radius 3 is 2.37 bits per heavy atom. The zero-order chi connectivity index (χ0) is 14.2. The van der Waals surface area contributed by atoms with Gasteiger partial charge in [0, 0.05) is 10.0 Å². The van der Waals surface area contributed by atoms with Crippen LogP contribution in [-0.2, 0) is 0 Å². The third kappa shape index (κ3) is 3.04. The van der Waals surface area contributed by atoms with Crippen molar-refractivity contribution in [3.05, 3.63) is 67.6 Å². The largest absolute Gasteiger partial charge is 0.320 e. The summed E-state index contributed by atoms with van der Waals surface area (Å²) < 4.78 is 28.4. The Bertz CT molecular complexity index is 629. The van der Waals surface area contributed by atoms with Gasteiger partial charge in [-0.25, -0.2) is 8.78 Å². The Morgan fingerprint density at radius 2 is 1.68 bits per heavy atom. The van der Waals surface area contributed by atoms with Crippen LogP contribution in [0.2, 0.25) is 0 Å². The Kier molecular flexibility index (Phi) is 4.38. The topological polar surface area (TPSA) is 26.0 Å². The van der Waals surface area contributed by atoms with E-state index in [-0.39, 0.29) is 10.0 Å². The molecule has 5 heteroatoms. The zero-order valence-corrected chi connectivity index (χ0v) is 13.2. The van der Waals surface area contributed by atoms with Gasteiger partial charge in [-0.15, -0.1) is 0 Å². The number of rotatable bonds is 2. The van der Waals surface area contributed by atoms with Gasteiger partial charge in [0.05, 0.1) is 10.5 Å². The molecule has 0 radical (unpaired) electrons. The fourth-order valence-electron chi connectivity index (χ4n) is 1.89. The highest BCUT2D eigenvalue weighted by Crippen LogP contribution is 2.29. The number of hydrogen-bond donors (Lipinski definition) is 1. The number of halogens is 4. The molecule has 0 saturated heterocycles. The number of hydrogen-bond acceptors (Lipinski definition) is 1. The van der Waals surface area contributed by atoms with Crippen molar-refractivity contribution in [3.8, 4) is 0 Å². The van der Waals surface area contributed by atoms with Crippen molar-refractivity contribution < 1.29 is 8.78 Å². The predicted octanol–water partition coefficient (Wildman–Crippen LogP) is 4.85. The molecule has 0 aromatic heterocycles. The smallest absolute Gasteiger partial charge is 0.137 e. The van der Waals surface area contributed by atoms with Crippen LogP contribution in [0.5, 0.6) is 0 Å². The molecule has 1 atom stereocenters. The maximum absolute atomic E-state index is 13.9. The van der Waals surface area contributed by atoms with Crippen LogP contribution in [0.25, 0.3) is 0 Å². The summed E-state index contributed by atoms with van der Waals surface area (Å²) in [6, 6.07) is 7.10. The SMILES string of the molecule is Cc1ccc(Br)cc1C(N)c1cc(F)c(Br)cc1F. The molecule has 0 spiro atoms. The van der Waals surface area contributed by atoms with Crippen LogP contribution in [0, 0.1) is 18.6 Å². The number of nitrogens with two attached hydrogens (primary N) is 1. The van der Waals surface area contributed by atoms with Crippen molar-refractivity contribution in [2.24, 2.45) is 5.73 Å². The van der Waals surface area contributed by atoms with Crippen LogP contribution in [0.3, 0.4) is 0 Å². The molecular weight excluding hydrogens is 380 g/mol. The first-order valence-electron chi connectivity index (χ1n) is 5.56. The highest BCUT2D eigenvalue weighted by molar-refractivity contribution is 9.10. The molecule has 0 amide bonds. The minimum Gasteiger partial charge on any atom is -0.320 e. The molecule has 0 aliphatic carbocycles. The fraction of sp³-hybridized carbons (Fsp3) is 0.143. The molecule has 0 aliphatic heterocycles. The monoisotopic (exact) mass is 389 g/mol. The average Bonchev–Trinajstić information content (AvgIpc) is 2.36. The van der Waals surface area contributed by atoms with Crippen molar-refractivity contribution in [1.82, 2.24) is 0 Å². The summed E-state index contributed by atoms with van der Waals surface area (Å²) in [5.41, 5.74) is 7.89. The normalized spacial score (nSPS) is 12.5. The van der Waals surface area contributed by atoms with Gasteiger partial charge in [-0.2, -0.15) is 0 Å². The van der Waals surface area contributed by atoms with Gasteiger partial charge in [-0.1, -0.05) is 22.0 Å². The molecule has 0 heterocycles. The second-order valence-electron chi connectivity index (χ2n) is 4.27. The molecule has 2 rings (SSSR count). The summed E-state index contributed by atoms with van der Waals surface area (Å²) in [6.07, 6.45) is 0. The van der Waals surface area contributed by atoms with E-state index in [2.05, 4.69) is 31.9 Å². The van der Waals surface area contributed by atoms with E-state index in [1.807, 2.05) is 25.1 Å². The van der Waals surface area contributed by atoms with E-state index in [1.54, 1.807) is 0 Å². The molecule has 1 nitrogen and oxygen atoms in total. The maximum Gasteiger partial charge on any atom is 0.137 e. The molecule has 2 aromatic carbocycles. The molecule has 0 bridgehead atoms. The minimum atomic E-state index is -0.708. The zero-order valence-electron chi connectivity index (χ0n) is 10.1. The van der Waals surface area contributed by atoms with E-state index in [0.29, 0.717) is 0 Å². The standard InChI is InChI=1S/C14H11Br2F2N/c1-7-2-3-8(15)4-9(7)14(19)10-5-13(18)11(16)6-12(10)17/h2-6,14H,19H2,1H3. The lowest BCUT2D eigenvalue weighted by Gasteiger charge is -2.17. The molecule has 2 aromatic rings. The van der Waals surface area contributed by atoms with Gasteiger partial charge < -0.3 is 5.73 Å². The highest BCUT2D eigenvalue weighted by Gasteiger charge is 2.18. The first kappa shape index (κ1) is 14.6. The van der Waals surface area contributed by atoms with E-state index in [1.165, 1.54) is 0 Å².